The molecular formula is C16H21N3OS. The first-order valence-corrected chi connectivity index (χ1v) is 8.20. The number of benzene rings is 1. The lowest BCUT2D eigenvalue weighted by Crippen LogP contribution is -2.50. The summed E-state index contributed by atoms with van der Waals surface area (Å²) in [7, 11) is 0. The molecule has 1 heterocycles. The summed E-state index contributed by atoms with van der Waals surface area (Å²) in [6, 6.07) is 9.63. The molecule has 1 aliphatic rings. The zero-order chi connectivity index (χ0) is 15.2. The molecule has 1 aromatic carbocycles. The lowest BCUT2D eigenvalue weighted by atomic mass is 10.2. The van der Waals surface area contributed by atoms with Crippen LogP contribution in [-0.2, 0) is 4.79 Å². The molecule has 0 saturated carbocycles. The second kappa shape index (κ2) is 7.48. The lowest BCUT2D eigenvalue weighted by molar-refractivity contribution is -0.132. The predicted molar refractivity (Wildman–Crippen MR) is 85.2 cm³/mol. The van der Waals surface area contributed by atoms with Gasteiger partial charge in [-0.2, -0.15) is 5.26 Å². The van der Waals surface area contributed by atoms with Crippen LogP contribution in [0.3, 0.4) is 0 Å². The fourth-order valence-corrected chi connectivity index (χ4v) is 3.47. The predicted octanol–water partition coefficient (Wildman–Crippen LogP) is 2.20. The second-order valence-electron chi connectivity index (χ2n) is 5.13. The van der Waals surface area contributed by atoms with Crippen LogP contribution >= 0.6 is 11.8 Å². The summed E-state index contributed by atoms with van der Waals surface area (Å²) in [5.74, 6) is 0.170. The standard InChI is InChI=1S/C16H21N3OS/c1-3-18-8-10-19(11-9-18)16(20)13(2)21-15-7-5-4-6-14(15)12-17/h4-7,13H,3,8-11H2,1-2H3/t13-/m0/s1. The molecule has 4 nitrogen and oxygen atoms in total. The molecule has 1 saturated heterocycles. The number of amides is 1. The molecule has 0 N–H and O–H groups in total. The fraction of sp³-hybridized carbons (Fsp3) is 0.500. The van der Waals surface area contributed by atoms with E-state index in [4.69, 9.17) is 5.26 Å². The summed E-state index contributed by atoms with van der Waals surface area (Å²) >= 11 is 1.48. The van der Waals surface area contributed by atoms with Gasteiger partial charge in [-0.1, -0.05) is 19.1 Å². The van der Waals surface area contributed by atoms with E-state index in [0.29, 0.717) is 5.56 Å². The number of hydrogen-bond donors (Lipinski definition) is 0. The summed E-state index contributed by atoms with van der Waals surface area (Å²) < 4.78 is 0. The van der Waals surface area contributed by atoms with Gasteiger partial charge in [0.15, 0.2) is 0 Å². The Kier molecular flexibility index (Phi) is 5.66. The van der Waals surface area contributed by atoms with Crippen molar-refractivity contribution in [3.8, 4) is 6.07 Å². The first-order valence-electron chi connectivity index (χ1n) is 7.32. The Morgan fingerprint density at radius 1 is 1.33 bits per heavy atom. The maximum absolute atomic E-state index is 12.5. The summed E-state index contributed by atoms with van der Waals surface area (Å²) in [6.07, 6.45) is 0. The number of hydrogen-bond acceptors (Lipinski definition) is 4. The highest BCUT2D eigenvalue weighted by atomic mass is 32.2. The topological polar surface area (TPSA) is 47.3 Å². The summed E-state index contributed by atoms with van der Waals surface area (Å²) in [4.78, 5) is 17.7. The van der Waals surface area contributed by atoms with E-state index in [0.717, 1.165) is 37.6 Å². The Morgan fingerprint density at radius 3 is 2.62 bits per heavy atom. The largest absolute Gasteiger partial charge is 0.339 e. The molecule has 112 valence electrons. The van der Waals surface area contributed by atoms with Gasteiger partial charge in [0.25, 0.3) is 0 Å². The number of likely N-dealkylation sites (N-methyl/N-ethyl adjacent to an activating group) is 1. The Morgan fingerprint density at radius 2 is 2.00 bits per heavy atom. The van der Waals surface area contributed by atoms with Crippen molar-refractivity contribution in [2.45, 2.75) is 24.0 Å². The van der Waals surface area contributed by atoms with Crippen LogP contribution < -0.4 is 0 Å². The average Bonchev–Trinajstić information content (AvgIpc) is 2.54. The van der Waals surface area contributed by atoms with Gasteiger partial charge in [-0.3, -0.25) is 4.79 Å². The second-order valence-corrected chi connectivity index (χ2v) is 6.51. The van der Waals surface area contributed by atoms with E-state index >= 15 is 0 Å². The molecule has 0 bridgehead atoms. The van der Waals surface area contributed by atoms with E-state index in [9.17, 15) is 4.79 Å². The van der Waals surface area contributed by atoms with Crippen molar-refractivity contribution in [3.05, 3.63) is 29.8 Å². The molecule has 0 radical (unpaired) electrons. The number of rotatable bonds is 4. The molecule has 1 fully saturated rings. The third-order valence-electron chi connectivity index (χ3n) is 3.79. The molecular weight excluding hydrogens is 282 g/mol. The van der Waals surface area contributed by atoms with Crippen LogP contribution in [0.1, 0.15) is 19.4 Å². The van der Waals surface area contributed by atoms with Crippen LogP contribution in [0.5, 0.6) is 0 Å². The summed E-state index contributed by atoms with van der Waals surface area (Å²) in [5, 5.41) is 8.95. The molecule has 1 aliphatic heterocycles. The van der Waals surface area contributed by atoms with Crippen molar-refractivity contribution < 1.29 is 4.79 Å². The number of nitrogens with zero attached hydrogens (tertiary/aromatic N) is 3. The van der Waals surface area contributed by atoms with Gasteiger partial charge in [0.2, 0.25) is 5.91 Å². The third-order valence-corrected chi connectivity index (χ3v) is 4.96. The van der Waals surface area contributed by atoms with E-state index in [1.165, 1.54) is 11.8 Å². The maximum atomic E-state index is 12.5. The quantitative estimate of drug-likeness (QED) is 0.800. The van der Waals surface area contributed by atoms with E-state index in [-0.39, 0.29) is 11.2 Å². The Hall–Kier alpha value is -1.51. The monoisotopic (exact) mass is 303 g/mol. The van der Waals surface area contributed by atoms with Crippen LogP contribution in [0.15, 0.2) is 29.2 Å². The highest BCUT2D eigenvalue weighted by Crippen LogP contribution is 2.27. The minimum absolute atomic E-state index is 0.160. The van der Waals surface area contributed by atoms with Crippen LogP contribution in [-0.4, -0.2) is 53.7 Å². The van der Waals surface area contributed by atoms with Gasteiger partial charge in [0, 0.05) is 31.1 Å². The zero-order valence-electron chi connectivity index (χ0n) is 12.6. The Bertz CT molecular complexity index is 533. The highest BCUT2D eigenvalue weighted by Gasteiger charge is 2.25. The number of piperazine rings is 1. The molecule has 1 aromatic rings. The maximum Gasteiger partial charge on any atom is 0.235 e. The van der Waals surface area contributed by atoms with Gasteiger partial charge in [0.05, 0.1) is 10.8 Å². The van der Waals surface area contributed by atoms with Gasteiger partial charge in [-0.05, 0) is 25.6 Å². The van der Waals surface area contributed by atoms with Crippen molar-refractivity contribution in [1.82, 2.24) is 9.80 Å². The lowest BCUT2D eigenvalue weighted by Gasteiger charge is -2.35. The van der Waals surface area contributed by atoms with Crippen molar-refractivity contribution in [2.24, 2.45) is 0 Å². The van der Waals surface area contributed by atoms with Gasteiger partial charge >= 0.3 is 0 Å². The third kappa shape index (κ3) is 3.99. The van der Waals surface area contributed by atoms with E-state index < -0.39 is 0 Å². The molecule has 1 atom stereocenters. The van der Waals surface area contributed by atoms with E-state index in [1.54, 1.807) is 6.07 Å². The molecule has 0 unspecified atom stereocenters. The van der Waals surface area contributed by atoms with E-state index in [2.05, 4.69) is 17.9 Å². The fourth-order valence-electron chi connectivity index (χ4n) is 2.44. The van der Waals surface area contributed by atoms with Crippen LogP contribution in [0.2, 0.25) is 0 Å². The first kappa shape index (κ1) is 15.9. The van der Waals surface area contributed by atoms with Crippen LogP contribution in [0, 0.1) is 11.3 Å². The van der Waals surface area contributed by atoms with Gasteiger partial charge in [-0.15, -0.1) is 11.8 Å². The number of thioether (sulfide) groups is 1. The van der Waals surface area contributed by atoms with Gasteiger partial charge in [0.1, 0.15) is 6.07 Å². The normalized spacial score (nSPS) is 17.3. The van der Waals surface area contributed by atoms with Gasteiger partial charge < -0.3 is 9.80 Å². The minimum Gasteiger partial charge on any atom is -0.339 e. The number of nitriles is 1. The molecule has 1 amide bonds. The molecule has 0 aliphatic carbocycles. The molecule has 0 aromatic heterocycles. The Balaban J connectivity index is 1.96. The van der Waals surface area contributed by atoms with Gasteiger partial charge in [-0.25, -0.2) is 0 Å². The SMILES string of the molecule is CCN1CCN(C(=O)[C@H](C)Sc2ccccc2C#N)CC1. The molecule has 21 heavy (non-hydrogen) atoms. The van der Waals surface area contributed by atoms with E-state index in [1.807, 2.05) is 30.0 Å². The average molecular weight is 303 g/mol. The first-order chi connectivity index (χ1) is 10.2. The van der Waals surface area contributed by atoms with Crippen molar-refractivity contribution in [3.63, 3.8) is 0 Å². The zero-order valence-corrected chi connectivity index (χ0v) is 13.4. The summed E-state index contributed by atoms with van der Waals surface area (Å²) in [6.45, 7) is 8.63. The molecule has 2 rings (SSSR count). The number of carbonyl (C=O) groups is 1. The highest BCUT2D eigenvalue weighted by molar-refractivity contribution is 8.00. The smallest absolute Gasteiger partial charge is 0.235 e. The number of carbonyl (C=O) groups excluding carboxylic acids is 1. The Labute approximate surface area is 130 Å². The minimum atomic E-state index is -0.160. The molecule has 0 spiro atoms. The van der Waals surface area contributed by atoms with Crippen molar-refractivity contribution in [1.29, 1.82) is 5.26 Å². The van der Waals surface area contributed by atoms with Crippen LogP contribution in [0.4, 0.5) is 0 Å². The van der Waals surface area contributed by atoms with Crippen LogP contribution in [0.25, 0.3) is 0 Å². The molecule has 5 heteroatoms. The van der Waals surface area contributed by atoms with Crippen molar-refractivity contribution in [2.75, 3.05) is 32.7 Å². The van der Waals surface area contributed by atoms with Crippen molar-refractivity contribution >= 4 is 17.7 Å². The summed E-state index contributed by atoms with van der Waals surface area (Å²) in [5.41, 5.74) is 0.637.